The fraction of sp³-hybridized carbons (Fsp3) is 0.182. The Hall–Kier alpha value is -1.40. The lowest BCUT2D eigenvalue weighted by atomic mass is 10.2. The summed E-state index contributed by atoms with van der Waals surface area (Å²) in [4.78, 5) is 0.0826. The van der Waals surface area contributed by atoms with Gasteiger partial charge in [-0.1, -0.05) is 0 Å². The van der Waals surface area contributed by atoms with Crippen LogP contribution in [0.1, 0.15) is 5.56 Å². The Morgan fingerprint density at radius 1 is 1.39 bits per heavy atom. The molecule has 0 atom stereocenters. The van der Waals surface area contributed by atoms with E-state index in [4.69, 9.17) is 11.6 Å². The average molecular weight is 289 g/mol. The van der Waals surface area contributed by atoms with E-state index < -0.39 is 15.7 Å². The number of rotatable bonds is 3. The molecule has 1 aromatic carbocycles. The zero-order chi connectivity index (χ0) is 13.3. The minimum Gasteiger partial charge on any atom is -0.240 e. The van der Waals surface area contributed by atoms with Crippen molar-refractivity contribution in [2.45, 2.75) is 10.8 Å². The van der Waals surface area contributed by atoms with Crippen LogP contribution < -0.4 is 0 Å². The van der Waals surface area contributed by atoms with Gasteiger partial charge in [0.2, 0.25) is 0 Å². The molecular formula is C11H10ClFN2O2S. The molecule has 0 aliphatic heterocycles. The van der Waals surface area contributed by atoms with Crippen LogP contribution in [0, 0.1) is 5.82 Å². The lowest BCUT2D eigenvalue weighted by Gasteiger charge is -2.03. The Kier molecular flexibility index (Phi) is 3.41. The Morgan fingerprint density at radius 2 is 2.11 bits per heavy atom. The van der Waals surface area contributed by atoms with E-state index in [0.29, 0.717) is 11.3 Å². The smallest absolute Gasteiger partial charge is 0.178 e. The number of sulfone groups is 1. The molecule has 0 saturated heterocycles. The molecule has 2 rings (SSSR count). The van der Waals surface area contributed by atoms with Crippen LogP contribution in [0.2, 0.25) is 0 Å². The number of benzene rings is 1. The molecule has 96 valence electrons. The average Bonchev–Trinajstić information content (AvgIpc) is 2.77. The van der Waals surface area contributed by atoms with Crippen molar-refractivity contribution < 1.29 is 12.8 Å². The second kappa shape index (κ2) is 4.70. The monoisotopic (exact) mass is 288 g/mol. The van der Waals surface area contributed by atoms with Gasteiger partial charge >= 0.3 is 0 Å². The lowest BCUT2D eigenvalue weighted by Crippen LogP contribution is -1.98. The summed E-state index contributed by atoms with van der Waals surface area (Å²) in [7, 11) is -3.32. The lowest BCUT2D eigenvalue weighted by molar-refractivity contribution is 0.602. The van der Waals surface area contributed by atoms with Crippen LogP contribution in [-0.4, -0.2) is 24.5 Å². The summed E-state index contributed by atoms with van der Waals surface area (Å²) < 4.78 is 37.3. The first kappa shape index (κ1) is 13.0. The van der Waals surface area contributed by atoms with Crippen molar-refractivity contribution >= 4 is 21.4 Å². The quantitative estimate of drug-likeness (QED) is 0.813. The Bertz CT molecular complexity index is 682. The molecule has 0 amide bonds. The number of nitrogens with zero attached hydrogens (tertiary/aromatic N) is 2. The Balaban J connectivity index is 2.49. The van der Waals surface area contributed by atoms with E-state index in [-0.39, 0.29) is 10.8 Å². The maximum atomic E-state index is 13.3. The maximum Gasteiger partial charge on any atom is 0.178 e. The third kappa shape index (κ3) is 2.70. The maximum absolute atomic E-state index is 13.3. The van der Waals surface area contributed by atoms with Crippen LogP contribution in [-0.2, 0) is 15.7 Å². The minimum absolute atomic E-state index is 0.0826. The highest BCUT2D eigenvalue weighted by Crippen LogP contribution is 2.16. The third-order valence-electron chi connectivity index (χ3n) is 2.35. The van der Waals surface area contributed by atoms with Crippen molar-refractivity contribution in [3.8, 4) is 5.69 Å². The van der Waals surface area contributed by atoms with Crippen LogP contribution in [0.25, 0.3) is 5.69 Å². The van der Waals surface area contributed by atoms with Crippen molar-refractivity contribution in [1.82, 2.24) is 9.78 Å². The fourth-order valence-electron chi connectivity index (χ4n) is 1.48. The van der Waals surface area contributed by atoms with E-state index in [9.17, 15) is 12.8 Å². The van der Waals surface area contributed by atoms with Gasteiger partial charge in [-0.3, -0.25) is 0 Å². The molecule has 18 heavy (non-hydrogen) atoms. The highest BCUT2D eigenvalue weighted by molar-refractivity contribution is 7.90. The van der Waals surface area contributed by atoms with Gasteiger partial charge in [-0.15, -0.1) is 11.6 Å². The van der Waals surface area contributed by atoms with Gasteiger partial charge in [0.25, 0.3) is 0 Å². The van der Waals surface area contributed by atoms with E-state index in [1.54, 1.807) is 6.07 Å². The summed E-state index contributed by atoms with van der Waals surface area (Å²) in [5.41, 5.74) is 1.03. The van der Waals surface area contributed by atoms with Crippen molar-refractivity contribution in [2.75, 3.05) is 6.26 Å². The second-order valence-electron chi connectivity index (χ2n) is 3.84. The summed E-state index contributed by atoms with van der Waals surface area (Å²) in [6.45, 7) is 0. The van der Waals surface area contributed by atoms with E-state index in [1.165, 1.54) is 29.2 Å². The SMILES string of the molecule is CS(=O)(=O)c1cnn(-c2cc(F)cc(CCl)c2)c1. The van der Waals surface area contributed by atoms with Crippen LogP contribution in [0.3, 0.4) is 0 Å². The van der Waals surface area contributed by atoms with Gasteiger partial charge in [0.15, 0.2) is 9.84 Å². The summed E-state index contributed by atoms with van der Waals surface area (Å²) in [5, 5.41) is 3.90. The second-order valence-corrected chi connectivity index (χ2v) is 6.13. The zero-order valence-corrected chi connectivity index (χ0v) is 11.0. The Morgan fingerprint density at radius 3 is 2.67 bits per heavy atom. The summed E-state index contributed by atoms with van der Waals surface area (Å²) in [5.74, 6) is -0.273. The molecule has 0 unspecified atom stereocenters. The first-order valence-electron chi connectivity index (χ1n) is 5.00. The predicted molar refractivity (Wildman–Crippen MR) is 66.2 cm³/mol. The van der Waals surface area contributed by atoms with Gasteiger partial charge in [-0.05, 0) is 23.8 Å². The standard InChI is InChI=1S/C11H10ClFN2O2S/c1-18(16,17)11-6-14-15(7-11)10-3-8(5-12)2-9(13)4-10/h2-4,6-7H,5H2,1H3. The summed E-state index contributed by atoms with van der Waals surface area (Å²) >= 11 is 5.64. The van der Waals surface area contributed by atoms with Crippen molar-refractivity contribution in [3.05, 3.63) is 42.0 Å². The van der Waals surface area contributed by atoms with E-state index in [2.05, 4.69) is 5.10 Å². The zero-order valence-electron chi connectivity index (χ0n) is 9.47. The first-order chi connectivity index (χ1) is 8.40. The normalized spacial score (nSPS) is 11.7. The number of halogens is 2. The molecule has 0 aliphatic rings. The van der Waals surface area contributed by atoms with Crippen LogP contribution in [0.15, 0.2) is 35.5 Å². The summed E-state index contributed by atoms with van der Waals surface area (Å²) in [6.07, 6.45) is 3.65. The number of alkyl halides is 1. The van der Waals surface area contributed by atoms with Gasteiger partial charge < -0.3 is 0 Å². The molecule has 0 saturated carbocycles. The molecule has 1 aromatic heterocycles. The predicted octanol–water partition coefficient (Wildman–Crippen LogP) is 2.15. The molecule has 4 nitrogen and oxygen atoms in total. The van der Waals surface area contributed by atoms with Gasteiger partial charge in [0.05, 0.1) is 11.9 Å². The first-order valence-corrected chi connectivity index (χ1v) is 7.43. The molecule has 0 N–H and O–H groups in total. The fourth-order valence-corrected chi connectivity index (χ4v) is 2.17. The molecule has 2 aromatic rings. The van der Waals surface area contributed by atoms with Gasteiger partial charge in [0, 0.05) is 18.3 Å². The molecule has 0 bridgehead atoms. The van der Waals surface area contributed by atoms with Gasteiger partial charge in [-0.25, -0.2) is 17.5 Å². The van der Waals surface area contributed by atoms with Crippen LogP contribution in [0.4, 0.5) is 4.39 Å². The van der Waals surface area contributed by atoms with Crippen molar-refractivity contribution in [1.29, 1.82) is 0 Å². The number of hydrogen-bond acceptors (Lipinski definition) is 3. The highest BCUT2D eigenvalue weighted by atomic mass is 35.5. The van der Waals surface area contributed by atoms with Crippen LogP contribution in [0.5, 0.6) is 0 Å². The molecule has 1 heterocycles. The highest BCUT2D eigenvalue weighted by Gasteiger charge is 2.11. The molecule has 0 aliphatic carbocycles. The van der Waals surface area contributed by atoms with Crippen LogP contribution >= 0.6 is 11.6 Å². The molecule has 0 fully saturated rings. The minimum atomic E-state index is -3.32. The topological polar surface area (TPSA) is 52.0 Å². The van der Waals surface area contributed by atoms with E-state index in [0.717, 1.165) is 6.26 Å². The van der Waals surface area contributed by atoms with Gasteiger partial charge in [-0.2, -0.15) is 5.10 Å². The van der Waals surface area contributed by atoms with Crippen molar-refractivity contribution in [2.24, 2.45) is 0 Å². The molecular weight excluding hydrogens is 279 g/mol. The molecule has 7 heteroatoms. The van der Waals surface area contributed by atoms with Gasteiger partial charge in [0.1, 0.15) is 10.7 Å². The number of aromatic nitrogens is 2. The number of hydrogen-bond donors (Lipinski definition) is 0. The Labute approximate surface area is 109 Å². The molecule has 0 spiro atoms. The van der Waals surface area contributed by atoms with E-state index >= 15 is 0 Å². The largest absolute Gasteiger partial charge is 0.240 e. The van der Waals surface area contributed by atoms with Crippen molar-refractivity contribution in [3.63, 3.8) is 0 Å². The molecule has 0 radical (unpaired) electrons. The summed E-state index contributed by atoms with van der Waals surface area (Å²) in [6, 6.07) is 4.22. The third-order valence-corrected chi connectivity index (χ3v) is 3.72. The van der Waals surface area contributed by atoms with E-state index in [1.807, 2.05) is 0 Å².